The average molecular weight is 366 g/mol. The molecule has 2 aromatic carbocycles. The van der Waals surface area contributed by atoms with E-state index in [2.05, 4.69) is 28.4 Å². The van der Waals surface area contributed by atoms with E-state index >= 15 is 0 Å². The van der Waals surface area contributed by atoms with Gasteiger partial charge in [-0.05, 0) is 37.0 Å². The van der Waals surface area contributed by atoms with Crippen molar-refractivity contribution in [1.29, 1.82) is 0 Å². The van der Waals surface area contributed by atoms with E-state index in [0.29, 0.717) is 6.54 Å². The van der Waals surface area contributed by atoms with E-state index in [-0.39, 0.29) is 11.8 Å². The fraction of sp³-hybridized carbons (Fsp3) is 0.333. The average Bonchev–Trinajstić information content (AvgIpc) is 3.13. The maximum Gasteiger partial charge on any atom is 0.224 e. The molecule has 1 amide bonds. The van der Waals surface area contributed by atoms with Crippen molar-refractivity contribution in [3.63, 3.8) is 0 Å². The van der Waals surface area contributed by atoms with Gasteiger partial charge in [-0.2, -0.15) is 0 Å². The van der Waals surface area contributed by atoms with Gasteiger partial charge in [-0.15, -0.1) is 0 Å². The molecular weight excluding hydrogens is 342 g/mol. The summed E-state index contributed by atoms with van der Waals surface area (Å²) in [5.41, 5.74) is 2.30. The number of hydrogen-bond acceptors (Lipinski definition) is 4. The van der Waals surface area contributed by atoms with Gasteiger partial charge in [-0.25, -0.2) is 4.98 Å². The highest BCUT2D eigenvalue weighted by Gasteiger charge is 2.27. The molecule has 3 aromatic rings. The zero-order valence-electron chi connectivity index (χ0n) is 14.7. The van der Waals surface area contributed by atoms with Crippen LogP contribution in [0.4, 0.5) is 5.13 Å². The van der Waals surface area contributed by atoms with Gasteiger partial charge in [0.25, 0.3) is 0 Å². The van der Waals surface area contributed by atoms with Crippen LogP contribution in [0, 0.1) is 5.92 Å². The van der Waals surface area contributed by atoms with E-state index in [0.717, 1.165) is 43.0 Å². The Morgan fingerprint density at radius 2 is 1.96 bits per heavy atom. The predicted molar refractivity (Wildman–Crippen MR) is 108 cm³/mol. The van der Waals surface area contributed by atoms with Gasteiger partial charge < -0.3 is 10.2 Å². The number of fused-ring (bicyclic) bond motifs is 1. The van der Waals surface area contributed by atoms with Crippen molar-refractivity contribution < 1.29 is 4.79 Å². The molecule has 1 fully saturated rings. The molecule has 1 aromatic heterocycles. The minimum absolute atomic E-state index is 0.0477. The first kappa shape index (κ1) is 17.0. The third kappa shape index (κ3) is 3.88. The fourth-order valence-electron chi connectivity index (χ4n) is 3.48. The number of anilines is 1. The summed E-state index contributed by atoms with van der Waals surface area (Å²) in [6, 6.07) is 18.5. The largest absolute Gasteiger partial charge is 0.355 e. The monoisotopic (exact) mass is 365 g/mol. The van der Waals surface area contributed by atoms with Crippen LogP contribution in [0.15, 0.2) is 54.6 Å². The lowest BCUT2D eigenvalue weighted by Crippen LogP contribution is -2.43. The van der Waals surface area contributed by atoms with E-state index in [9.17, 15) is 4.79 Å². The minimum Gasteiger partial charge on any atom is -0.355 e. The summed E-state index contributed by atoms with van der Waals surface area (Å²) in [5, 5.41) is 4.15. The lowest BCUT2D eigenvalue weighted by Gasteiger charge is -2.31. The lowest BCUT2D eigenvalue weighted by molar-refractivity contribution is -0.125. The number of carbonyl (C=O) groups excluding carboxylic acids is 1. The minimum atomic E-state index is 0.0477. The first-order valence-electron chi connectivity index (χ1n) is 9.22. The third-order valence-corrected chi connectivity index (χ3v) is 6.00. The van der Waals surface area contributed by atoms with E-state index < -0.39 is 0 Å². The van der Waals surface area contributed by atoms with Crippen molar-refractivity contribution in [3.8, 4) is 0 Å². The van der Waals surface area contributed by atoms with E-state index in [1.54, 1.807) is 11.3 Å². The number of thiazole rings is 1. The summed E-state index contributed by atoms with van der Waals surface area (Å²) >= 11 is 1.72. The second-order valence-electron chi connectivity index (χ2n) is 6.78. The van der Waals surface area contributed by atoms with Crippen LogP contribution >= 0.6 is 11.3 Å². The Labute approximate surface area is 157 Å². The molecule has 1 aliphatic heterocycles. The van der Waals surface area contributed by atoms with Crippen LogP contribution in [0.1, 0.15) is 18.4 Å². The molecule has 1 saturated heterocycles. The van der Waals surface area contributed by atoms with Crippen molar-refractivity contribution in [2.75, 3.05) is 24.5 Å². The number of rotatable bonds is 5. The summed E-state index contributed by atoms with van der Waals surface area (Å²) in [5.74, 6) is 0.221. The van der Waals surface area contributed by atoms with Gasteiger partial charge in [-0.1, -0.05) is 53.8 Å². The molecule has 1 N–H and O–H groups in total. The zero-order valence-corrected chi connectivity index (χ0v) is 15.5. The Bertz CT molecular complexity index is 844. The Morgan fingerprint density at radius 1 is 1.15 bits per heavy atom. The third-order valence-electron chi connectivity index (χ3n) is 4.90. The molecule has 26 heavy (non-hydrogen) atoms. The second kappa shape index (κ2) is 7.87. The molecule has 0 aliphatic carbocycles. The SMILES string of the molecule is O=C(NCCc1ccccc1)[C@@H]1CCCN(c2nc3ccccc3s2)C1. The molecule has 1 aliphatic rings. The van der Waals surface area contributed by atoms with Crippen molar-refractivity contribution in [1.82, 2.24) is 10.3 Å². The number of amides is 1. The number of aromatic nitrogens is 1. The molecule has 0 saturated carbocycles. The van der Waals surface area contributed by atoms with Crippen LogP contribution in [0.3, 0.4) is 0 Å². The smallest absolute Gasteiger partial charge is 0.224 e. The molecule has 134 valence electrons. The Morgan fingerprint density at radius 3 is 2.81 bits per heavy atom. The van der Waals surface area contributed by atoms with Gasteiger partial charge in [0.05, 0.1) is 16.1 Å². The highest BCUT2D eigenvalue weighted by atomic mass is 32.1. The Balaban J connectivity index is 1.34. The highest BCUT2D eigenvalue weighted by Crippen LogP contribution is 2.31. The number of benzene rings is 2. The standard InChI is InChI=1S/C21H23N3OS/c25-20(22-13-12-16-7-2-1-3-8-16)17-9-6-14-24(15-17)21-23-18-10-4-5-11-19(18)26-21/h1-5,7-8,10-11,17H,6,9,12-15H2,(H,22,25)/t17-/m1/s1. The van der Waals surface area contributed by atoms with Crippen molar-refractivity contribution in [2.24, 2.45) is 5.92 Å². The summed E-state index contributed by atoms with van der Waals surface area (Å²) < 4.78 is 1.21. The molecule has 0 spiro atoms. The molecule has 0 radical (unpaired) electrons. The summed E-state index contributed by atoms with van der Waals surface area (Å²) in [4.78, 5) is 19.6. The molecule has 0 bridgehead atoms. The number of hydrogen-bond donors (Lipinski definition) is 1. The van der Waals surface area contributed by atoms with Crippen LogP contribution in [-0.4, -0.2) is 30.5 Å². The molecule has 5 heteroatoms. The van der Waals surface area contributed by atoms with Gasteiger partial charge >= 0.3 is 0 Å². The summed E-state index contributed by atoms with van der Waals surface area (Å²) in [7, 11) is 0. The number of carbonyl (C=O) groups is 1. The lowest BCUT2D eigenvalue weighted by atomic mass is 9.97. The summed E-state index contributed by atoms with van der Waals surface area (Å²) in [6.45, 7) is 2.44. The highest BCUT2D eigenvalue weighted by molar-refractivity contribution is 7.22. The predicted octanol–water partition coefficient (Wildman–Crippen LogP) is 3.87. The van der Waals surface area contributed by atoms with Crippen LogP contribution in [-0.2, 0) is 11.2 Å². The second-order valence-corrected chi connectivity index (χ2v) is 7.79. The fourth-order valence-corrected chi connectivity index (χ4v) is 4.48. The number of nitrogens with one attached hydrogen (secondary N) is 1. The maximum absolute atomic E-state index is 12.6. The quantitative estimate of drug-likeness (QED) is 0.746. The van der Waals surface area contributed by atoms with Crippen LogP contribution in [0.5, 0.6) is 0 Å². The number of piperidine rings is 1. The van der Waals surface area contributed by atoms with Crippen LogP contribution in [0.25, 0.3) is 10.2 Å². The van der Waals surface area contributed by atoms with Crippen LogP contribution < -0.4 is 10.2 Å². The van der Waals surface area contributed by atoms with Gasteiger partial charge in [0, 0.05) is 19.6 Å². The van der Waals surface area contributed by atoms with Gasteiger partial charge in [0.1, 0.15) is 0 Å². The van der Waals surface area contributed by atoms with Crippen molar-refractivity contribution in [3.05, 3.63) is 60.2 Å². The zero-order chi connectivity index (χ0) is 17.8. The first-order valence-corrected chi connectivity index (χ1v) is 10.0. The molecule has 1 atom stereocenters. The van der Waals surface area contributed by atoms with Crippen molar-refractivity contribution >= 4 is 32.6 Å². The van der Waals surface area contributed by atoms with E-state index in [1.807, 2.05) is 36.4 Å². The van der Waals surface area contributed by atoms with Crippen LogP contribution in [0.2, 0.25) is 0 Å². The normalized spacial score (nSPS) is 17.4. The van der Waals surface area contributed by atoms with Gasteiger partial charge in [0.2, 0.25) is 5.91 Å². The van der Waals surface area contributed by atoms with Gasteiger partial charge in [0.15, 0.2) is 5.13 Å². The first-order chi connectivity index (χ1) is 12.8. The Hall–Kier alpha value is -2.40. The van der Waals surface area contributed by atoms with Gasteiger partial charge in [-0.3, -0.25) is 4.79 Å². The molecule has 4 rings (SSSR count). The molecular formula is C21H23N3OS. The number of nitrogens with zero attached hydrogens (tertiary/aromatic N) is 2. The summed E-state index contributed by atoms with van der Waals surface area (Å²) in [6.07, 6.45) is 2.87. The molecule has 2 heterocycles. The molecule has 0 unspecified atom stereocenters. The maximum atomic E-state index is 12.6. The molecule has 4 nitrogen and oxygen atoms in total. The van der Waals surface area contributed by atoms with E-state index in [4.69, 9.17) is 4.98 Å². The van der Waals surface area contributed by atoms with Crippen molar-refractivity contribution in [2.45, 2.75) is 19.3 Å². The van der Waals surface area contributed by atoms with E-state index in [1.165, 1.54) is 10.3 Å². The Kier molecular flexibility index (Phi) is 5.16. The topological polar surface area (TPSA) is 45.2 Å². The number of para-hydroxylation sites is 1.